The molecule has 3 aromatic rings. The molecule has 1 aromatic heterocycles. The van der Waals surface area contributed by atoms with Gasteiger partial charge in [0, 0.05) is 10.0 Å². The number of alkyl halides is 1. The van der Waals surface area contributed by atoms with Crippen molar-refractivity contribution < 1.29 is 4.74 Å². The molecule has 0 radical (unpaired) electrons. The van der Waals surface area contributed by atoms with Crippen molar-refractivity contribution in [2.75, 3.05) is 0 Å². The summed E-state index contributed by atoms with van der Waals surface area (Å²) in [6.07, 6.45) is 1.61. The molecule has 106 valence electrons. The number of benzene rings is 2. The van der Waals surface area contributed by atoms with Crippen molar-refractivity contribution in [3.63, 3.8) is 0 Å². The molecular formula is C15H11BrClN3O. The van der Waals surface area contributed by atoms with Gasteiger partial charge in [-0.15, -0.1) is 16.7 Å². The zero-order valence-electron chi connectivity index (χ0n) is 10.9. The highest BCUT2D eigenvalue weighted by atomic mass is 79.9. The first-order valence-electron chi connectivity index (χ1n) is 6.25. The molecule has 6 heteroatoms. The van der Waals surface area contributed by atoms with Crippen LogP contribution in [-0.4, -0.2) is 14.8 Å². The summed E-state index contributed by atoms with van der Waals surface area (Å²) in [7, 11) is 0. The minimum absolute atomic E-state index is 0.281. The van der Waals surface area contributed by atoms with Gasteiger partial charge in [-0.05, 0) is 24.3 Å². The summed E-state index contributed by atoms with van der Waals surface area (Å²) in [5.74, 6) is 1.01. The molecule has 0 aliphatic rings. The Balaban J connectivity index is 1.87. The van der Waals surface area contributed by atoms with Gasteiger partial charge >= 0.3 is 6.01 Å². The van der Waals surface area contributed by atoms with Crippen LogP contribution in [0.4, 0.5) is 0 Å². The van der Waals surface area contributed by atoms with Gasteiger partial charge in [0.05, 0.1) is 11.6 Å². The van der Waals surface area contributed by atoms with E-state index in [1.54, 1.807) is 11.0 Å². The first-order valence-corrected chi connectivity index (χ1v) is 7.58. The van der Waals surface area contributed by atoms with Gasteiger partial charge in [0.1, 0.15) is 12.1 Å². The Kier molecular flexibility index (Phi) is 4.22. The van der Waals surface area contributed by atoms with Gasteiger partial charge in [-0.2, -0.15) is 4.98 Å². The molecular weight excluding hydrogens is 354 g/mol. The molecule has 0 spiro atoms. The number of halogens is 2. The van der Waals surface area contributed by atoms with E-state index in [-0.39, 0.29) is 6.01 Å². The Morgan fingerprint density at radius 3 is 2.71 bits per heavy atom. The van der Waals surface area contributed by atoms with Crippen molar-refractivity contribution in [2.24, 2.45) is 0 Å². The number of para-hydroxylation sites is 1. The maximum atomic E-state index is 5.91. The number of hydrogen-bond acceptors (Lipinski definition) is 3. The van der Waals surface area contributed by atoms with Crippen molar-refractivity contribution in [1.82, 2.24) is 14.8 Å². The van der Waals surface area contributed by atoms with Crippen molar-refractivity contribution >= 4 is 27.5 Å². The third-order valence-corrected chi connectivity index (χ3v) is 3.65. The molecule has 2 aromatic carbocycles. The molecule has 0 aliphatic heterocycles. The lowest BCUT2D eigenvalue weighted by Crippen LogP contribution is -1.95. The molecule has 0 atom stereocenters. The van der Waals surface area contributed by atoms with Gasteiger partial charge in [-0.25, -0.2) is 4.68 Å². The summed E-state index contributed by atoms with van der Waals surface area (Å²) in [6, 6.07) is 15.7. The summed E-state index contributed by atoms with van der Waals surface area (Å²) >= 11 is 9.32. The van der Waals surface area contributed by atoms with E-state index in [0.29, 0.717) is 11.6 Å². The molecule has 0 fully saturated rings. The van der Waals surface area contributed by atoms with Crippen molar-refractivity contribution in [1.29, 1.82) is 0 Å². The summed E-state index contributed by atoms with van der Waals surface area (Å²) < 4.78 is 8.30. The van der Waals surface area contributed by atoms with Crippen molar-refractivity contribution in [2.45, 2.75) is 5.88 Å². The summed E-state index contributed by atoms with van der Waals surface area (Å²) in [6.45, 7) is 0. The molecule has 3 rings (SSSR count). The van der Waals surface area contributed by atoms with Crippen LogP contribution in [0.3, 0.4) is 0 Å². The van der Waals surface area contributed by atoms with E-state index in [1.807, 2.05) is 48.5 Å². The lowest BCUT2D eigenvalue weighted by molar-refractivity contribution is 0.437. The molecule has 0 aliphatic carbocycles. The first-order chi connectivity index (χ1) is 10.3. The maximum absolute atomic E-state index is 5.91. The summed E-state index contributed by atoms with van der Waals surface area (Å²) in [5, 5.41) is 4.31. The quantitative estimate of drug-likeness (QED) is 0.637. The van der Waals surface area contributed by atoms with Crippen LogP contribution >= 0.6 is 27.5 Å². The topological polar surface area (TPSA) is 39.9 Å². The molecule has 0 saturated carbocycles. The van der Waals surface area contributed by atoms with Crippen LogP contribution in [0, 0.1) is 0 Å². The predicted molar refractivity (Wildman–Crippen MR) is 85.1 cm³/mol. The highest BCUT2D eigenvalue weighted by Crippen LogP contribution is 2.28. The second-order valence-corrected chi connectivity index (χ2v) is 5.48. The zero-order valence-corrected chi connectivity index (χ0v) is 13.3. The lowest BCUT2D eigenvalue weighted by atomic mass is 10.2. The molecule has 1 heterocycles. The fourth-order valence-corrected chi connectivity index (χ4v) is 2.39. The third-order valence-electron chi connectivity index (χ3n) is 2.87. The minimum atomic E-state index is 0.281. The van der Waals surface area contributed by atoms with E-state index >= 15 is 0 Å². The van der Waals surface area contributed by atoms with E-state index in [0.717, 1.165) is 15.7 Å². The minimum Gasteiger partial charge on any atom is -0.423 e. The van der Waals surface area contributed by atoms with Crippen LogP contribution in [0.2, 0.25) is 0 Å². The molecule has 0 bridgehead atoms. The molecule has 0 amide bonds. The van der Waals surface area contributed by atoms with Crippen LogP contribution in [0.15, 0.2) is 59.3 Å². The standard InChI is InChI=1S/C15H11BrClN3O/c16-12-7-6-11(9-17)14(8-12)21-15-18-10-20(19-15)13-4-2-1-3-5-13/h1-8,10H,9H2. The SMILES string of the molecule is ClCc1ccc(Br)cc1Oc1ncn(-c2ccccc2)n1. The summed E-state index contributed by atoms with van der Waals surface area (Å²) in [4.78, 5) is 4.16. The van der Waals surface area contributed by atoms with Gasteiger partial charge < -0.3 is 4.74 Å². The highest BCUT2D eigenvalue weighted by molar-refractivity contribution is 9.10. The lowest BCUT2D eigenvalue weighted by Gasteiger charge is -2.06. The fourth-order valence-electron chi connectivity index (χ4n) is 1.83. The Morgan fingerprint density at radius 2 is 1.95 bits per heavy atom. The Bertz CT molecular complexity index is 746. The number of rotatable bonds is 4. The predicted octanol–water partition coefficient (Wildman–Crippen LogP) is 4.56. The number of aromatic nitrogens is 3. The first kappa shape index (κ1) is 14.1. The Hall–Kier alpha value is -1.85. The third kappa shape index (κ3) is 3.25. The average Bonchev–Trinajstić information content (AvgIpc) is 2.97. The number of nitrogens with zero attached hydrogens (tertiary/aromatic N) is 3. The van der Waals surface area contributed by atoms with E-state index < -0.39 is 0 Å². The van der Waals surface area contributed by atoms with E-state index in [1.165, 1.54) is 0 Å². The Labute approximate surface area is 135 Å². The van der Waals surface area contributed by atoms with E-state index in [4.69, 9.17) is 16.3 Å². The monoisotopic (exact) mass is 363 g/mol. The van der Waals surface area contributed by atoms with Crippen molar-refractivity contribution in [3.05, 3.63) is 64.9 Å². The van der Waals surface area contributed by atoms with Gasteiger partial charge in [-0.1, -0.05) is 40.2 Å². The molecule has 0 saturated heterocycles. The van der Waals surface area contributed by atoms with Gasteiger partial charge in [-0.3, -0.25) is 0 Å². The smallest absolute Gasteiger partial charge is 0.341 e. The Morgan fingerprint density at radius 1 is 1.14 bits per heavy atom. The molecule has 0 N–H and O–H groups in total. The molecule has 21 heavy (non-hydrogen) atoms. The van der Waals surface area contributed by atoms with Crippen LogP contribution in [0.5, 0.6) is 11.8 Å². The van der Waals surface area contributed by atoms with Crippen molar-refractivity contribution in [3.8, 4) is 17.4 Å². The summed E-state index contributed by atoms with van der Waals surface area (Å²) in [5.41, 5.74) is 1.81. The van der Waals surface area contributed by atoms with Gasteiger partial charge in [0.2, 0.25) is 0 Å². The second kappa shape index (κ2) is 6.28. The van der Waals surface area contributed by atoms with Gasteiger partial charge in [0.25, 0.3) is 0 Å². The van der Waals surface area contributed by atoms with Crippen LogP contribution < -0.4 is 4.74 Å². The zero-order chi connectivity index (χ0) is 14.7. The largest absolute Gasteiger partial charge is 0.423 e. The van der Waals surface area contributed by atoms with Crippen LogP contribution in [0.25, 0.3) is 5.69 Å². The van der Waals surface area contributed by atoms with E-state index in [2.05, 4.69) is 26.0 Å². The second-order valence-electron chi connectivity index (χ2n) is 4.29. The van der Waals surface area contributed by atoms with Crippen LogP contribution in [0.1, 0.15) is 5.56 Å². The average molecular weight is 365 g/mol. The van der Waals surface area contributed by atoms with Gasteiger partial charge in [0.15, 0.2) is 0 Å². The van der Waals surface area contributed by atoms with E-state index in [9.17, 15) is 0 Å². The highest BCUT2D eigenvalue weighted by Gasteiger charge is 2.09. The maximum Gasteiger partial charge on any atom is 0.341 e. The molecule has 0 unspecified atom stereocenters. The number of hydrogen-bond donors (Lipinski definition) is 0. The van der Waals surface area contributed by atoms with Crippen LogP contribution in [-0.2, 0) is 5.88 Å². The number of ether oxygens (including phenoxy) is 1. The molecule has 4 nitrogen and oxygen atoms in total. The normalized spacial score (nSPS) is 10.6. The fraction of sp³-hybridized carbons (Fsp3) is 0.0667.